The molecule has 0 aliphatic rings. The van der Waals surface area contributed by atoms with E-state index >= 15 is 0 Å². The van der Waals surface area contributed by atoms with Crippen LogP contribution >= 0.6 is 0 Å². The molecular formula is C13H21N3O. The molecule has 0 saturated heterocycles. The third kappa shape index (κ3) is 4.95. The normalized spacial score (nSPS) is 10.6. The Morgan fingerprint density at radius 3 is 2.76 bits per heavy atom. The van der Waals surface area contributed by atoms with Crippen molar-refractivity contribution in [1.82, 2.24) is 9.88 Å². The summed E-state index contributed by atoms with van der Waals surface area (Å²) >= 11 is 0. The van der Waals surface area contributed by atoms with Gasteiger partial charge in [0.2, 0.25) is 5.91 Å². The summed E-state index contributed by atoms with van der Waals surface area (Å²) in [6.45, 7) is 5.64. The molecule has 1 aromatic rings. The Hall–Kier alpha value is -1.42. The van der Waals surface area contributed by atoms with E-state index in [0.717, 1.165) is 18.7 Å². The quantitative estimate of drug-likeness (QED) is 0.811. The Balaban J connectivity index is 2.60. The van der Waals surface area contributed by atoms with Crippen LogP contribution in [0.4, 0.5) is 0 Å². The predicted molar refractivity (Wildman–Crippen MR) is 68.2 cm³/mol. The fraction of sp³-hybridized carbons (Fsp3) is 0.538. The number of amides is 1. The van der Waals surface area contributed by atoms with Crippen molar-refractivity contribution in [3.05, 3.63) is 30.1 Å². The standard InChI is InChI=1S/C13H21N3O/c1-11(2)6-8-16(13(17)9-14)10-12-5-3-4-7-15-12/h3-5,7,11H,6,8-10,14H2,1-2H3. The lowest BCUT2D eigenvalue weighted by atomic mass is 10.1. The molecule has 0 bridgehead atoms. The number of nitrogens with zero attached hydrogens (tertiary/aromatic N) is 2. The van der Waals surface area contributed by atoms with Crippen LogP contribution in [0.2, 0.25) is 0 Å². The van der Waals surface area contributed by atoms with Gasteiger partial charge in [0, 0.05) is 12.7 Å². The van der Waals surface area contributed by atoms with Crippen molar-refractivity contribution in [3.63, 3.8) is 0 Å². The van der Waals surface area contributed by atoms with E-state index in [4.69, 9.17) is 5.73 Å². The van der Waals surface area contributed by atoms with Gasteiger partial charge in [-0.2, -0.15) is 0 Å². The molecule has 0 spiro atoms. The van der Waals surface area contributed by atoms with Crippen LogP contribution in [-0.4, -0.2) is 28.9 Å². The van der Waals surface area contributed by atoms with Crippen LogP contribution in [0.25, 0.3) is 0 Å². The first-order valence-electron chi connectivity index (χ1n) is 6.01. The molecule has 0 radical (unpaired) electrons. The Kier molecular flexibility index (Phi) is 5.63. The molecule has 1 amide bonds. The van der Waals surface area contributed by atoms with E-state index in [2.05, 4.69) is 18.8 Å². The van der Waals surface area contributed by atoms with Crippen LogP contribution in [0.5, 0.6) is 0 Å². The second-order valence-electron chi connectivity index (χ2n) is 4.52. The highest BCUT2D eigenvalue weighted by Gasteiger charge is 2.13. The summed E-state index contributed by atoms with van der Waals surface area (Å²) in [6, 6.07) is 5.72. The maximum atomic E-state index is 11.7. The average molecular weight is 235 g/mol. The summed E-state index contributed by atoms with van der Waals surface area (Å²) in [5.41, 5.74) is 6.32. The molecule has 0 saturated carbocycles. The van der Waals surface area contributed by atoms with Crippen LogP contribution in [0.1, 0.15) is 26.0 Å². The van der Waals surface area contributed by atoms with Crippen molar-refractivity contribution < 1.29 is 4.79 Å². The van der Waals surface area contributed by atoms with Crippen LogP contribution in [-0.2, 0) is 11.3 Å². The van der Waals surface area contributed by atoms with Gasteiger partial charge in [0.15, 0.2) is 0 Å². The number of rotatable bonds is 6. The summed E-state index contributed by atoms with van der Waals surface area (Å²) in [5, 5.41) is 0. The Labute approximate surface area is 103 Å². The highest BCUT2D eigenvalue weighted by molar-refractivity contribution is 5.77. The average Bonchev–Trinajstić information content (AvgIpc) is 2.34. The Morgan fingerprint density at radius 2 is 2.24 bits per heavy atom. The van der Waals surface area contributed by atoms with Gasteiger partial charge < -0.3 is 10.6 Å². The molecule has 2 N–H and O–H groups in total. The number of hydrogen-bond donors (Lipinski definition) is 1. The lowest BCUT2D eigenvalue weighted by Crippen LogP contribution is -2.36. The molecule has 4 heteroatoms. The van der Waals surface area contributed by atoms with Gasteiger partial charge in [0.1, 0.15) is 0 Å². The molecule has 0 unspecified atom stereocenters. The van der Waals surface area contributed by atoms with Gasteiger partial charge in [-0.1, -0.05) is 19.9 Å². The van der Waals surface area contributed by atoms with Crippen molar-refractivity contribution in [1.29, 1.82) is 0 Å². The SMILES string of the molecule is CC(C)CCN(Cc1ccccn1)C(=O)CN. The van der Waals surface area contributed by atoms with E-state index < -0.39 is 0 Å². The minimum absolute atomic E-state index is 0.0173. The topological polar surface area (TPSA) is 59.2 Å². The van der Waals surface area contributed by atoms with E-state index in [9.17, 15) is 4.79 Å². The number of hydrogen-bond acceptors (Lipinski definition) is 3. The first kappa shape index (κ1) is 13.6. The second-order valence-corrected chi connectivity index (χ2v) is 4.52. The van der Waals surface area contributed by atoms with Gasteiger partial charge in [-0.3, -0.25) is 9.78 Å². The smallest absolute Gasteiger partial charge is 0.236 e. The number of carbonyl (C=O) groups excluding carboxylic acids is 1. The van der Waals surface area contributed by atoms with Crippen LogP contribution < -0.4 is 5.73 Å². The van der Waals surface area contributed by atoms with Gasteiger partial charge in [-0.05, 0) is 24.5 Å². The molecule has 0 aliphatic heterocycles. The van der Waals surface area contributed by atoms with E-state index in [0.29, 0.717) is 12.5 Å². The zero-order chi connectivity index (χ0) is 12.7. The predicted octanol–water partition coefficient (Wildman–Crippen LogP) is 1.41. The Bertz CT molecular complexity index is 338. The number of pyridine rings is 1. The lowest BCUT2D eigenvalue weighted by Gasteiger charge is -2.22. The fourth-order valence-electron chi connectivity index (χ4n) is 1.52. The van der Waals surface area contributed by atoms with E-state index in [1.54, 1.807) is 11.1 Å². The highest BCUT2D eigenvalue weighted by Crippen LogP contribution is 2.06. The lowest BCUT2D eigenvalue weighted by molar-refractivity contribution is -0.130. The van der Waals surface area contributed by atoms with Crippen molar-refractivity contribution in [3.8, 4) is 0 Å². The monoisotopic (exact) mass is 235 g/mol. The molecule has 94 valence electrons. The molecule has 1 aromatic heterocycles. The maximum absolute atomic E-state index is 11.7. The van der Waals surface area contributed by atoms with E-state index in [-0.39, 0.29) is 12.5 Å². The summed E-state index contributed by atoms with van der Waals surface area (Å²) < 4.78 is 0. The Morgan fingerprint density at radius 1 is 1.47 bits per heavy atom. The highest BCUT2D eigenvalue weighted by atomic mass is 16.2. The van der Waals surface area contributed by atoms with Crippen molar-refractivity contribution in [2.75, 3.05) is 13.1 Å². The van der Waals surface area contributed by atoms with E-state index in [1.165, 1.54) is 0 Å². The van der Waals surface area contributed by atoms with Crippen LogP contribution in [0.15, 0.2) is 24.4 Å². The van der Waals surface area contributed by atoms with Crippen molar-refractivity contribution in [2.45, 2.75) is 26.8 Å². The molecular weight excluding hydrogens is 214 g/mol. The van der Waals surface area contributed by atoms with Gasteiger partial charge in [0.05, 0.1) is 18.8 Å². The molecule has 1 rings (SSSR count). The summed E-state index contributed by atoms with van der Waals surface area (Å²) in [4.78, 5) is 17.7. The summed E-state index contributed by atoms with van der Waals surface area (Å²) in [7, 11) is 0. The molecule has 0 atom stereocenters. The van der Waals surface area contributed by atoms with Gasteiger partial charge in [-0.25, -0.2) is 0 Å². The second kappa shape index (κ2) is 7.01. The van der Waals surface area contributed by atoms with Gasteiger partial charge in [0.25, 0.3) is 0 Å². The van der Waals surface area contributed by atoms with Crippen LogP contribution in [0, 0.1) is 5.92 Å². The number of nitrogens with two attached hydrogens (primary N) is 1. The molecule has 17 heavy (non-hydrogen) atoms. The van der Waals surface area contributed by atoms with Gasteiger partial charge >= 0.3 is 0 Å². The van der Waals surface area contributed by atoms with E-state index in [1.807, 2.05) is 18.2 Å². The molecule has 4 nitrogen and oxygen atoms in total. The summed E-state index contributed by atoms with van der Waals surface area (Å²) in [6.07, 6.45) is 2.72. The fourth-order valence-corrected chi connectivity index (χ4v) is 1.52. The first-order valence-corrected chi connectivity index (χ1v) is 6.01. The minimum atomic E-state index is -0.0173. The number of carbonyl (C=O) groups is 1. The van der Waals surface area contributed by atoms with Crippen LogP contribution in [0.3, 0.4) is 0 Å². The zero-order valence-electron chi connectivity index (χ0n) is 10.6. The van der Waals surface area contributed by atoms with Crippen molar-refractivity contribution in [2.24, 2.45) is 11.7 Å². The minimum Gasteiger partial charge on any atom is -0.336 e. The first-order chi connectivity index (χ1) is 8.13. The zero-order valence-corrected chi connectivity index (χ0v) is 10.6. The molecule has 0 fully saturated rings. The van der Waals surface area contributed by atoms with Crippen molar-refractivity contribution >= 4 is 5.91 Å². The third-order valence-electron chi connectivity index (χ3n) is 2.58. The maximum Gasteiger partial charge on any atom is 0.236 e. The molecule has 0 aromatic carbocycles. The largest absolute Gasteiger partial charge is 0.336 e. The van der Waals surface area contributed by atoms with Gasteiger partial charge in [-0.15, -0.1) is 0 Å². The molecule has 0 aliphatic carbocycles. The summed E-state index contributed by atoms with van der Waals surface area (Å²) in [5.74, 6) is 0.558. The molecule has 1 heterocycles. The third-order valence-corrected chi connectivity index (χ3v) is 2.58. The number of aromatic nitrogens is 1.